The number of nitrogens with zero attached hydrogens (tertiary/aromatic N) is 3. The van der Waals surface area contributed by atoms with E-state index < -0.39 is 16.7 Å². The molecule has 0 fully saturated rings. The molecule has 2 rings (SSSR count). The zero-order chi connectivity index (χ0) is 14.9. The molecule has 1 heterocycles. The van der Waals surface area contributed by atoms with E-state index in [0.717, 1.165) is 6.07 Å². The lowest BCUT2D eigenvalue weighted by Crippen LogP contribution is -2.03. The van der Waals surface area contributed by atoms with Crippen molar-refractivity contribution in [1.29, 1.82) is 15.8 Å². The highest BCUT2D eigenvalue weighted by atomic mass is 16.3. The summed E-state index contributed by atoms with van der Waals surface area (Å²) < 4.78 is 0. The maximum atomic E-state index is 11.9. The van der Waals surface area contributed by atoms with Crippen LogP contribution in [0.25, 0.3) is 10.9 Å². The minimum Gasteiger partial charge on any atom is -0.503 e. The number of H-pyrrole nitrogens is 1. The van der Waals surface area contributed by atoms with Gasteiger partial charge >= 0.3 is 0 Å². The van der Waals surface area contributed by atoms with Crippen molar-refractivity contribution in [1.82, 2.24) is 4.98 Å². The second-order valence-electron chi connectivity index (χ2n) is 3.78. The molecule has 0 saturated carbocycles. The van der Waals surface area contributed by atoms with Crippen LogP contribution in [0.5, 0.6) is 5.75 Å². The normalized spacial score (nSPS) is 9.45. The molecule has 0 aliphatic carbocycles. The highest BCUT2D eigenvalue weighted by Crippen LogP contribution is 2.20. The van der Waals surface area contributed by atoms with Crippen LogP contribution in [0.15, 0.2) is 21.7 Å². The molecule has 1 aromatic carbocycles. The zero-order valence-corrected chi connectivity index (χ0v) is 9.76. The molecule has 0 amide bonds. The van der Waals surface area contributed by atoms with Crippen molar-refractivity contribution in [3.8, 4) is 24.0 Å². The predicted octanol–water partition coefficient (Wildman–Crippen LogP) is 0.209. The molecule has 7 heteroatoms. The van der Waals surface area contributed by atoms with Gasteiger partial charge in [0.2, 0.25) is 0 Å². The summed E-state index contributed by atoms with van der Waals surface area (Å²) in [6.07, 6.45) is 0. The maximum absolute atomic E-state index is 11.9. The van der Waals surface area contributed by atoms with Crippen LogP contribution >= 0.6 is 0 Å². The Balaban J connectivity index is 3.29. The summed E-state index contributed by atoms with van der Waals surface area (Å²) in [6, 6.07) is 6.88. The zero-order valence-electron chi connectivity index (χ0n) is 9.76. The first kappa shape index (κ1) is 12.8. The molecule has 0 unspecified atom stereocenters. The molecule has 0 aliphatic heterocycles. The lowest BCUT2D eigenvalue weighted by molar-refractivity contribution is 0.468. The molecule has 94 valence electrons. The monoisotopic (exact) mass is 264 g/mol. The van der Waals surface area contributed by atoms with Crippen LogP contribution in [0.4, 0.5) is 0 Å². The van der Waals surface area contributed by atoms with Gasteiger partial charge in [0.05, 0.1) is 22.2 Å². The maximum Gasteiger partial charge on any atom is 0.290 e. The van der Waals surface area contributed by atoms with E-state index in [2.05, 4.69) is 4.98 Å². The number of aromatic hydroxyl groups is 1. The van der Waals surface area contributed by atoms with Crippen molar-refractivity contribution >= 4 is 10.9 Å². The first-order valence-corrected chi connectivity index (χ1v) is 5.21. The predicted molar refractivity (Wildman–Crippen MR) is 66.6 cm³/mol. The van der Waals surface area contributed by atoms with E-state index in [1.165, 1.54) is 0 Å². The topological polar surface area (TPSA) is 142 Å². The molecule has 0 spiro atoms. The van der Waals surface area contributed by atoms with Crippen molar-refractivity contribution in [3.05, 3.63) is 49.4 Å². The molecular weight excluding hydrogens is 260 g/mol. The van der Waals surface area contributed by atoms with Gasteiger partial charge in [-0.3, -0.25) is 9.59 Å². The third-order valence-corrected chi connectivity index (χ3v) is 2.68. The fourth-order valence-corrected chi connectivity index (χ4v) is 1.77. The summed E-state index contributed by atoms with van der Waals surface area (Å²) >= 11 is 0. The van der Waals surface area contributed by atoms with Gasteiger partial charge in [-0.05, 0) is 6.07 Å². The number of fused-ring (bicyclic) bond motifs is 1. The molecule has 20 heavy (non-hydrogen) atoms. The summed E-state index contributed by atoms with van der Waals surface area (Å²) in [5, 5.41) is 36.3. The number of nitriles is 3. The smallest absolute Gasteiger partial charge is 0.290 e. The second kappa shape index (κ2) is 4.56. The number of nitrogens with one attached hydrogen (secondary N) is 1. The van der Waals surface area contributed by atoms with Gasteiger partial charge in [0.1, 0.15) is 18.2 Å². The highest BCUT2D eigenvalue weighted by molar-refractivity contribution is 5.88. The van der Waals surface area contributed by atoms with E-state index in [1.807, 2.05) is 0 Å². The van der Waals surface area contributed by atoms with E-state index >= 15 is 0 Å². The number of aromatic nitrogens is 1. The van der Waals surface area contributed by atoms with Gasteiger partial charge in [-0.15, -0.1) is 0 Å². The van der Waals surface area contributed by atoms with Crippen molar-refractivity contribution in [2.45, 2.75) is 0 Å². The van der Waals surface area contributed by atoms with Gasteiger partial charge in [0.25, 0.3) is 5.56 Å². The van der Waals surface area contributed by atoms with Gasteiger partial charge in [-0.1, -0.05) is 0 Å². The molecular formula is C13H4N4O3. The Bertz CT molecular complexity index is 984. The van der Waals surface area contributed by atoms with E-state index in [0.29, 0.717) is 6.07 Å². The Hall–Kier alpha value is -3.63. The molecule has 0 saturated heterocycles. The molecule has 7 nitrogen and oxygen atoms in total. The van der Waals surface area contributed by atoms with Gasteiger partial charge in [0, 0.05) is 11.5 Å². The lowest BCUT2D eigenvalue weighted by atomic mass is 9.99. The summed E-state index contributed by atoms with van der Waals surface area (Å²) in [7, 11) is 0. The molecule has 0 radical (unpaired) electrons. The highest BCUT2D eigenvalue weighted by Gasteiger charge is 2.15. The Morgan fingerprint density at radius 3 is 2.20 bits per heavy atom. The summed E-state index contributed by atoms with van der Waals surface area (Å²) in [6.45, 7) is 0. The Kier molecular flexibility index (Phi) is 2.93. The van der Waals surface area contributed by atoms with Crippen molar-refractivity contribution in [3.63, 3.8) is 0 Å². The Morgan fingerprint density at radius 1 is 1.00 bits per heavy atom. The van der Waals surface area contributed by atoms with Gasteiger partial charge in [-0.25, -0.2) is 0 Å². The second-order valence-corrected chi connectivity index (χ2v) is 3.78. The van der Waals surface area contributed by atoms with Crippen LogP contribution in [-0.2, 0) is 0 Å². The SMILES string of the molecule is N#Cc1cc2c(=O)cc(O)c(=O)[nH]c2c(C#N)c1C#N. The van der Waals surface area contributed by atoms with Crippen LogP contribution in [0.2, 0.25) is 0 Å². The molecule has 0 aliphatic rings. The molecule has 2 aromatic rings. The van der Waals surface area contributed by atoms with E-state index in [-0.39, 0.29) is 27.6 Å². The summed E-state index contributed by atoms with van der Waals surface area (Å²) in [4.78, 5) is 25.6. The molecule has 2 N–H and O–H groups in total. The van der Waals surface area contributed by atoms with Crippen molar-refractivity contribution in [2.75, 3.05) is 0 Å². The minimum absolute atomic E-state index is 0.130. The number of rotatable bonds is 0. The summed E-state index contributed by atoms with van der Waals surface area (Å²) in [5.74, 6) is -0.813. The number of hydrogen-bond acceptors (Lipinski definition) is 6. The van der Waals surface area contributed by atoms with Crippen LogP contribution in [0.1, 0.15) is 16.7 Å². The molecule has 1 aromatic heterocycles. The third kappa shape index (κ3) is 1.74. The standard InChI is InChI=1S/C13H4N4O3/c14-3-6-1-7-10(18)2-11(19)13(20)17-12(7)9(5-16)8(6)4-15/h1-2,19H,(H,17,20). The van der Waals surface area contributed by atoms with E-state index in [4.69, 9.17) is 15.8 Å². The largest absolute Gasteiger partial charge is 0.503 e. The first-order valence-electron chi connectivity index (χ1n) is 5.21. The van der Waals surface area contributed by atoms with Gasteiger partial charge in [-0.2, -0.15) is 15.8 Å². The number of aromatic amines is 1. The molecule has 0 atom stereocenters. The lowest BCUT2D eigenvalue weighted by Gasteiger charge is -2.00. The third-order valence-electron chi connectivity index (χ3n) is 2.68. The minimum atomic E-state index is -0.970. The Morgan fingerprint density at radius 2 is 1.65 bits per heavy atom. The van der Waals surface area contributed by atoms with Crippen LogP contribution in [0, 0.1) is 34.0 Å². The summed E-state index contributed by atoms with van der Waals surface area (Å²) in [5.41, 5.74) is -2.57. The van der Waals surface area contributed by atoms with E-state index in [1.54, 1.807) is 18.2 Å². The van der Waals surface area contributed by atoms with Crippen LogP contribution < -0.4 is 11.0 Å². The van der Waals surface area contributed by atoms with E-state index in [9.17, 15) is 14.7 Å². The van der Waals surface area contributed by atoms with Gasteiger partial charge in [0.15, 0.2) is 11.2 Å². The Labute approximate surface area is 111 Å². The van der Waals surface area contributed by atoms with Crippen LogP contribution in [-0.4, -0.2) is 10.1 Å². The first-order chi connectivity index (χ1) is 9.53. The number of benzene rings is 1. The number of hydrogen-bond donors (Lipinski definition) is 2. The van der Waals surface area contributed by atoms with Crippen molar-refractivity contribution in [2.24, 2.45) is 0 Å². The fraction of sp³-hybridized carbons (Fsp3) is 0. The molecule has 0 bridgehead atoms. The van der Waals surface area contributed by atoms with Gasteiger partial charge < -0.3 is 10.1 Å². The van der Waals surface area contributed by atoms with Crippen LogP contribution in [0.3, 0.4) is 0 Å². The quantitative estimate of drug-likeness (QED) is 0.696. The average molecular weight is 264 g/mol. The fourth-order valence-electron chi connectivity index (χ4n) is 1.77. The van der Waals surface area contributed by atoms with Crippen molar-refractivity contribution < 1.29 is 5.11 Å². The average Bonchev–Trinajstić information content (AvgIpc) is 2.54.